The van der Waals surface area contributed by atoms with Crippen LogP contribution in [0.4, 0.5) is 14.6 Å². The zero-order valence-electron chi connectivity index (χ0n) is 8.53. The number of carbonyl (C=O) groups excluding carboxylic acids is 1. The molecule has 0 aliphatic heterocycles. The molecule has 17 heavy (non-hydrogen) atoms. The van der Waals surface area contributed by atoms with Crippen LogP contribution in [0.3, 0.4) is 0 Å². The number of nitrogen functional groups attached to an aromatic ring is 1. The van der Waals surface area contributed by atoms with Crippen molar-refractivity contribution in [3.05, 3.63) is 22.3 Å². The number of nitrogens with zero attached hydrogens (tertiary/aromatic N) is 1. The lowest BCUT2D eigenvalue weighted by molar-refractivity contribution is -0.00270. The fraction of sp³-hybridized carbons (Fsp3) is 0.333. The van der Waals surface area contributed by atoms with Crippen LogP contribution in [-0.2, 0) is 0 Å². The maximum Gasteiger partial charge on any atom is 0.265 e. The number of alkyl halides is 2. The topological polar surface area (TPSA) is 88.2 Å². The zero-order valence-corrected chi connectivity index (χ0v) is 10.1. The number of halogens is 3. The molecule has 1 aromatic rings. The number of hydrogen-bond donors (Lipinski definition) is 3. The van der Waals surface area contributed by atoms with E-state index in [1.54, 1.807) is 0 Å². The number of aliphatic hydroxyl groups excluding tert-OH is 1. The molecule has 4 N–H and O–H groups in total. The van der Waals surface area contributed by atoms with Crippen LogP contribution in [0.25, 0.3) is 0 Å². The molecule has 0 aliphatic rings. The Morgan fingerprint density at radius 3 is 2.88 bits per heavy atom. The molecule has 1 amide bonds. The highest BCUT2D eigenvalue weighted by atomic mass is 79.9. The van der Waals surface area contributed by atoms with E-state index >= 15 is 0 Å². The molecule has 0 aromatic carbocycles. The van der Waals surface area contributed by atoms with Gasteiger partial charge in [0.05, 0.1) is 5.56 Å². The van der Waals surface area contributed by atoms with E-state index in [4.69, 9.17) is 10.8 Å². The first-order chi connectivity index (χ1) is 7.91. The number of anilines is 1. The third-order valence-electron chi connectivity index (χ3n) is 1.88. The second-order valence-corrected chi connectivity index (χ2v) is 4.06. The first-order valence-corrected chi connectivity index (χ1v) is 5.36. The molecule has 0 spiro atoms. The normalized spacial score (nSPS) is 12.5. The number of rotatable bonds is 4. The fourth-order valence-electron chi connectivity index (χ4n) is 1.01. The second kappa shape index (κ2) is 5.87. The summed E-state index contributed by atoms with van der Waals surface area (Å²) >= 11 is 3.08. The van der Waals surface area contributed by atoms with E-state index in [9.17, 15) is 13.6 Å². The summed E-state index contributed by atoms with van der Waals surface area (Å²) in [6.07, 6.45) is -3.47. The van der Waals surface area contributed by atoms with E-state index in [1.165, 1.54) is 12.3 Å². The average molecular weight is 310 g/mol. The summed E-state index contributed by atoms with van der Waals surface area (Å²) in [7, 11) is 0. The van der Waals surface area contributed by atoms with Gasteiger partial charge in [0.1, 0.15) is 11.9 Å². The zero-order chi connectivity index (χ0) is 13.0. The number of amides is 1. The van der Waals surface area contributed by atoms with Gasteiger partial charge in [-0.05, 0) is 22.0 Å². The van der Waals surface area contributed by atoms with Gasteiger partial charge in [0.2, 0.25) is 0 Å². The molecule has 0 saturated carbocycles. The highest BCUT2D eigenvalue weighted by Gasteiger charge is 2.18. The van der Waals surface area contributed by atoms with E-state index < -0.39 is 25.0 Å². The molecule has 0 fully saturated rings. The van der Waals surface area contributed by atoms with E-state index in [1.807, 2.05) is 0 Å². The number of nitrogens with two attached hydrogens (primary N) is 1. The number of aliphatic hydroxyl groups is 1. The van der Waals surface area contributed by atoms with Crippen molar-refractivity contribution < 1.29 is 18.7 Å². The Morgan fingerprint density at radius 2 is 2.29 bits per heavy atom. The number of hydrogen-bond acceptors (Lipinski definition) is 4. The van der Waals surface area contributed by atoms with Crippen molar-refractivity contribution in [2.75, 3.05) is 12.3 Å². The first-order valence-electron chi connectivity index (χ1n) is 4.57. The van der Waals surface area contributed by atoms with Crippen LogP contribution in [0, 0.1) is 0 Å². The van der Waals surface area contributed by atoms with Gasteiger partial charge < -0.3 is 16.2 Å². The predicted molar refractivity (Wildman–Crippen MR) is 60.7 cm³/mol. The Bertz CT molecular complexity index is 417. The van der Waals surface area contributed by atoms with Crippen LogP contribution in [-0.4, -0.2) is 35.1 Å². The molecule has 1 atom stereocenters. The molecule has 5 nitrogen and oxygen atoms in total. The van der Waals surface area contributed by atoms with Gasteiger partial charge in [0, 0.05) is 17.2 Å². The number of carbonyl (C=O) groups is 1. The fourth-order valence-corrected chi connectivity index (χ4v) is 1.41. The lowest BCUT2D eigenvalue weighted by Gasteiger charge is -2.11. The summed E-state index contributed by atoms with van der Waals surface area (Å²) in [4.78, 5) is 15.3. The predicted octanol–water partition coefficient (Wildman–Crippen LogP) is 0.782. The molecule has 8 heteroatoms. The van der Waals surface area contributed by atoms with Crippen LogP contribution in [0.15, 0.2) is 16.7 Å². The summed E-state index contributed by atoms with van der Waals surface area (Å²) in [5.74, 6) is -0.488. The highest BCUT2D eigenvalue weighted by Crippen LogP contribution is 2.17. The van der Waals surface area contributed by atoms with Gasteiger partial charge in [0.25, 0.3) is 12.3 Å². The summed E-state index contributed by atoms with van der Waals surface area (Å²) < 4.78 is 24.4. The quantitative estimate of drug-likeness (QED) is 0.767. The maximum absolute atomic E-state index is 12.0. The first kappa shape index (κ1) is 13.8. The average Bonchev–Trinajstić information content (AvgIpc) is 2.28. The third kappa shape index (κ3) is 3.90. The minimum absolute atomic E-state index is 0.132. The molecule has 0 bridgehead atoms. The van der Waals surface area contributed by atoms with Gasteiger partial charge in [0.15, 0.2) is 0 Å². The minimum atomic E-state index is -2.90. The second-order valence-electron chi connectivity index (χ2n) is 3.20. The van der Waals surface area contributed by atoms with Crippen LogP contribution in [0.2, 0.25) is 0 Å². The van der Waals surface area contributed by atoms with Crippen LogP contribution >= 0.6 is 15.9 Å². The molecule has 94 valence electrons. The molecule has 0 aliphatic carbocycles. The summed E-state index contributed by atoms with van der Waals surface area (Å²) in [5, 5.41) is 11.0. The van der Waals surface area contributed by atoms with Crippen molar-refractivity contribution in [3.8, 4) is 0 Å². The van der Waals surface area contributed by atoms with Crippen molar-refractivity contribution in [1.82, 2.24) is 10.3 Å². The maximum atomic E-state index is 12.0. The minimum Gasteiger partial charge on any atom is -0.385 e. The number of nitrogens with one attached hydrogen (secondary N) is 1. The SMILES string of the molecule is Nc1cc(C(=O)NCC(O)C(F)F)c(Br)cn1. The Labute approximate surface area is 104 Å². The number of aromatic nitrogens is 1. The van der Waals surface area contributed by atoms with Crippen molar-refractivity contribution in [2.45, 2.75) is 12.5 Å². The molecule has 0 saturated heterocycles. The molecule has 1 rings (SSSR count). The van der Waals surface area contributed by atoms with Gasteiger partial charge in [-0.2, -0.15) is 0 Å². The van der Waals surface area contributed by atoms with E-state index in [2.05, 4.69) is 26.2 Å². The van der Waals surface area contributed by atoms with Crippen molar-refractivity contribution in [3.63, 3.8) is 0 Å². The van der Waals surface area contributed by atoms with Crippen LogP contribution in [0.5, 0.6) is 0 Å². The van der Waals surface area contributed by atoms with E-state index in [0.717, 1.165) is 0 Å². The summed E-state index contributed by atoms with van der Waals surface area (Å²) in [6.45, 7) is -0.537. The molecular weight excluding hydrogens is 300 g/mol. The van der Waals surface area contributed by atoms with Crippen molar-refractivity contribution in [1.29, 1.82) is 0 Å². The van der Waals surface area contributed by atoms with Crippen molar-refractivity contribution >= 4 is 27.7 Å². The van der Waals surface area contributed by atoms with E-state index in [-0.39, 0.29) is 11.4 Å². The van der Waals surface area contributed by atoms with Gasteiger partial charge in [-0.1, -0.05) is 0 Å². The highest BCUT2D eigenvalue weighted by molar-refractivity contribution is 9.10. The summed E-state index contributed by atoms with van der Waals surface area (Å²) in [5.41, 5.74) is 5.55. The molecule has 1 heterocycles. The smallest absolute Gasteiger partial charge is 0.265 e. The Morgan fingerprint density at radius 1 is 1.65 bits per heavy atom. The van der Waals surface area contributed by atoms with Gasteiger partial charge in [-0.25, -0.2) is 13.8 Å². The lowest BCUT2D eigenvalue weighted by atomic mass is 10.2. The number of pyridine rings is 1. The standard InChI is InChI=1S/C9H10BrF2N3O2/c10-5-2-14-7(13)1-4(5)9(17)15-3-6(16)8(11)12/h1-2,6,8,16H,3H2,(H2,13,14)(H,15,17). The Hall–Kier alpha value is -1.28. The molecular formula is C9H10BrF2N3O2. The Balaban J connectivity index is 2.67. The van der Waals surface area contributed by atoms with E-state index in [0.29, 0.717) is 4.47 Å². The van der Waals surface area contributed by atoms with Gasteiger partial charge in [-0.15, -0.1) is 0 Å². The van der Waals surface area contributed by atoms with Crippen LogP contribution in [0.1, 0.15) is 10.4 Å². The van der Waals surface area contributed by atoms with Gasteiger partial charge in [-0.3, -0.25) is 4.79 Å². The molecule has 1 unspecified atom stereocenters. The van der Waals surface area contributed by atoms with Crippen molar-refractivity contribution in [2.24, 2.45) is 0 Å². The van der Waals surface area contributed by atoms with Gasteiger partial charge >= 0.3 is 0 Å². The molecule has 1 aromatic heterocycles. The molecule has 0 radical (unpaired) electrons. The Kier molecular flexibility index (Phi) is 4.76. The summed E-state index contributed by atoms with van der Waals surface area (Å²) in [6, 6.07) is 1.30. The monoisotopic (exact) mass is 309 g/mol. The largest absolute Gasteiger partial charge is 0.385 e. The lowest BCUT2D eigenvalue weighted by Crippen LogP contribution is -2.36. The van der Waals surface area contributed by atoms with Crippen LogP contribution < -0.4 is 11.1 Å². The third-order valence-corrected chi connectivity index (χ3v) is 2.52.